The van der Waals surface area contributed by atoms with E-state index in [0.29, 0.717) is 11.9 Å². The molecule has 0 N–H and O–H groups in total. The van der Waals surface area contributed by atoms with Gasteiger partial charge in [0.2, 0.25) is 0 Å². The quantitative estimate of drug-likeness (QED) is 0.492. The Hall–Kier alpha value is 0.430. The summed E-state index contributed by atoms with van der Waals surface area (Å²) in [5.41, 5.74) is 1.39. The molecule has 2 unspecified atom stereocenters. The first-order valence-electron chi connectivity index (χ1n) is 5.11. The average molecular weight is 269 g/mol. The molecule has 90 valence electrons. The zero-order chi connectivity index (χ0) is 11.9. The number of hydrogen-bond acceptors (Lipinski definition) is 4. The molecule has 0 aromatic heterocycles. The Balaban J connectivity index is 4.54. The molecule has 0 radical (unpaired) electrons. The lowest BCUT2D eigenvalue weighted by atomic mass is 10.4. The Morgan fingerprint density at radius 1 is 1.60 bits per heavy atom. The molecule has 0 saturated heterocycles. The van der Waals surface area contributed by atoms with E-state index in [-0.39, 0.29) is 0 Å². The van der Waals surface area contributed by atoms with Crippen LogP contribution in [0.15, 0.2) is 0 Å². The summed E-state index contributed by atoms with van der Waals surface area (Å²) < 4.78 is 19.4. The van der Waals surface area contributed by atoms with Crippen LogP contribution in [0, 0.1) is 0 Å². The topological polar surface area (TPSA) is 29.5 Å². The molecular formula is C9H20NO2PS2. The van der Waals surface area contributed by atoms with Crippen LogP contribution in [0.5, 0.6) is 0 Å². The van der Waals surface area contributed by atoms with Gasteiger partial charge in [0.05, 0.1) is 12.1 Å². The lowest BCUT2D eigenvalue weighted by Gasteiger charge is -2.26. The van der Waals surface area contributed by atoms with E-state index in [4.69, 9.17) is 16.7 Å². The Morgan fingerprint density at radius 2 is 2.20 bits per heavy atom. The Bertz CT molecular complexity index is 238. The Morgan fingerprint density at radius 3 is 2.60 bits per heavy atom. The van der Waals surface area contributed by atoms with Gasteiger partial charge in [0.25, 0.3) is 0 Å². The summed E-state index contributed by atoms with van der Waals surface area (Å²) in [6, 6.07) is 0. The first kappa shape index (κ1) is 15.4. The van der Waals surface area contributed by atoms with E-state index < -0.39 is 6.72 Å². The van der Waals surface area contributed by atoms with Crippen LogP contribution < -0.4 is 0 Å². The monoisotopic (exact) mass is 269 g/mol. The number of nitrogens with zero attached hydrogens (tertiary/aromatic N) is 1. The molecule has 0 aromatic rings. The van der Waals surface area contributed by atoms with E-state index in [0.717, 1.165) is 12.8 Å². The summed E-state index contributed by atoms with van der Waals surface area (Å²) in [5.74, 6) is 0. The molecule has 0 saturated carbocycles. The molecular weight excluding hydrogens is 249 g/mol. The summed E-state index contributed by atoms with van der Waals surface area (Å²) in [5, 5.41) is 0.310. The third-order valence-electron chi connectivity index (χ3n) is 1.89. The minimum Gasteiger partial charge on any atom is -0.306 e. The van der Waals surface area contributed by atoms with Gasteiger partial charge >= 0.3 is 6.72 Å². The Labute approximate surface area is 102 Å². The number of thiocarbonyl (C=S) groups is 1. The van der Waals surface area contributed by atoms with Crippen LogP contribution in [0.1, 0.15) is 33.6 Å². The van der Waals surface area contributed by atoms with Crippen molar-refractivity contribution in [1.82, 2.24) is 4.67 Å². The van der Waals surface area contributed by atoms with Crippen molar-refractivity contribution in [1.29, 1.82) is 0 Å². The fraction of sp³-hybridized carbons (Fsp3) is 0.889. The smallest absolute Gasteiger partial charge is 0.306 e. The van der Waals surface area contributed by atoms with Crippen LogP contribution in [-0.4, -0.2) is 29.1 Å². The fourth-order valence-electron chi connectivity index (χ4n) is 0.762. The molecule has 6 heteroatoms. The second kappa shape index (κ2) is 7.66. The van der Waals surface area contributed by atoms with Gasteiger partial charge in [0.1, 0.15) is 0 Å². The van der Waals surface area contributed by atoms with Crippen molar-refractivity contribution >= 4 is 35.8 Å². The molecule has 0 aliphatic heterocycles. The average Bonchev–Trinajstić information content (AvgIpc) is 2.24. The molecule has 0 spiro atoms. The van der Waals surface area contributed by atoms with Crippen molar-refractivity contribution in [3.8, 4) is 0 Å². The zero-order valence-corrected chi connectivity index (χ0v) is 12.3. The SMILES string of the molecule is CCCOP(=O)(SC(C)CC)N(C)C=S. The molecule has 3 nitrogen and oxygen atoms in total. The van der Waals surface area contributed by atoms with Crippen LogP contribution in [0.4, 0.5) is 0 Å². The highest BCUT2D eigenvalue weighted by atomic mass is 32.7. The van der Waals surface area contributed by atoms with Crippen molar-refractivity contribution in [3.05, 3.63) is 0 Å². The summed E-state index contributed by atoms with van der Waals surface area (Å²) in [6.07, 6.45) is 1.83. The second-order valence-electron chi connectivity index (χ2n) is 3.31. The molecule has 0 fully saturated rings. The van der Waals surface area contributed by atoms with Crippen LogP contribution >= 0.6 is 30.3 Å². The van der Waals surface area contributed by atoms with Crippen LogP contribution in [0.25, 0.3) is 0 Å². The van der Waals surface area contributed by atoms with Crippen molar-refractivity contribution in [2.45, 2.75) is 38.9 Å². The normalized spacial score (nSPS) is 16.8. The molecule has 0 heterocycles. The molecule has 0 bridgehead atoms. The highest BCUT2D eigenvalue weighted by Gasteiger charge is 2.30. The maximum Gasteiger partial charge on any atom is 0.353 e. The van der Waals surface area contributed by atoms with Gasteiger partial charge in [-0.1, -0.05) is 33.0 Å². The van der Waals surface area contributed by atoms with E-state index in [1.165, 1.54) is 21.5 Å². The molecule has 0 rings (SSSR count). The standard InChI is InChI=1S/C9H20NO2PS2/c1-5-7-12-13(11,10(4)8-14)15-9(3)6-2/h8-9H,5-7H2,1-4H3. The van der Waals surface area contributed by atoms with Crippen LogP contribution in [0.2, 0.25) is 0 Å². The zero-order valence-electron chi connectivity index (χ0n) is 9.80. The van der Waals surface area contributed by atoms with Gasteiger partial charge in [0.15, 0.2) is 0 Å². The minimum atomic E-state index is -2.81. The van der Waals surface area contributed by atoms with E-state index in [1.54, 1.807) is 7.05 Å². The first-order valence-corrected chi connectivity index (χ1v) is 8.65. The fourth-order valence-corrected chi connectivity index (χ4v) is 5.64. The van der Waals surface area contributed by atoms with Crippen molar-refractivity contribution in [2.24, 2.45) is 0 Å². The summed E-state index contributed by atoms with van der Waals surface area (Å²) in [4.78, 5) is 0. The largest absolute Gasteiger partial charge is 0.353 e. The third-order valence-corrected chi connectivity index (χ3v) is 7.68. The molecule has 2 atom stereocenters. The maximum absolute atomic E-state index is 12.4. The summed E-state index contributed by atoms with van der Waals surface area (Å²) >= 11 is 6.18. The summed E-state index contributed by atoms with van der Waals surface area (Å²) in [6.45, 7) is 3.81. The first-order chi connectivity index (χ1) is 7.00. The molecule has 0 aromatic carbocycles. The molecule has 0 amide bonds. The van der Waals surface area contributed by atoms with Gasteiger partial charge in [-0.15, -0.1) is 0 Å². The lowest BCUT2D eigenvalue weighted by molar-refractivity contribution is 0.306. The van der Waals surface area contributed by atoms with Crippen molar-refractivity contribution in [3.63, 3.8) is 0 Å². The highest BCUT2D eigenvalue weighted by Crippen LogP contribution is 2.63. The highest BCUT2D eigenvalue weighted by molar-refractivity contribution is 8.56. The van der Waals surface area contributed by atoms with Gasteiger partial charge < -0.3 is 4.52 Å². The molecule has 0 aliphatic carbocycles. The minimum absolute atomic E-state index is 0.310. The van der Waals surface area contributed by atoms with E-state index in [2.05, 4.69) is 6.92 Å². The third kappa shape index (κ3) is 5.34. The van der Waals surface area contributed by atoms with Crippen molar-refractivity contribution in [2.75, 3.05) is 13.7 Å². The predicted molar refractivity (Wildman–Crippen MR) is 72.6 cm³/mol. The van der Waals surface area contributed by atoms with E-state index in [1.807, 2.05) is 13.8 Å². The van der Waals surface area contributed by atoms with Gasteiger partial charge in [-0.05, 0) is 24.2 Å². The van der Waals surface area contributed by atoms with Gasteiger partial charge in [-0.3, -0.25) is 9.24 Å². The number of rotatable bonds is 8. The lowest BCUT2D eigenvalue weighted by Crippen LogP contribution is -2.13. The van der Waals surface area contributed by atoms with Gasteiger partial charge in [-0.25, -0.2) is 0 Å². The van der Waals surface area contributed by atoms with E-state index in [9.17, 15) is 4.57 Å². The molecule has 0 aliphatic rings. The maximum atomic E-state index is 12.4. The van der Waals surface area contributed by atoms with Gasteiger partial charge in [0, 0.05) is 12.3 Å². The summed E-state index contributed by atoms with van der Waals surface area (Å²) in [7, 11) is 1.71. The van der Waals surface area contributed by atoms with Crippen LogP contribution in [-0.2, 0) is 9.09 Å². The van der Waals surface area contributed by atoms with Crippen LogP contribution in [0.3, 0.4) is 0 Å². The van der Waals surface area contributed by atoms with Crippen molar-refractivity contribution < 1.29 is 9.09 Å². The second-order valence-corrected chi connectivity index (χ2v) is 8.37. The van der Waals surface area contributed by atoms with E-state index >= 15 is 0 Å². The van der Waals surface area contributed by atoms with Gasteiger partial charge in [-0.2, -0.15) is 0 Å². The molecule has 15 heavy (non-hydrogen) atoms. The number of hydrogen-bond donors (Lipinski definition) is 0. The Kier molecular flexibility index (Phi) is 7.88. The predicted octanol–water partition coefficient (Wildman–Crippen LogP) is 3.94.